The molecule has 3 rings (SSSR count). The minimum atomic E-state index is -0.0545. The summed E-state index contributed by atoms with van der Waals surface area (Å²) in [4.78, 5) is 34.5. The van der Waals surface area contributed by atoms with Crippen molar-refractivity contribution in [2.24, 2.45) is 0 Å². The van der Waals surface area contributed by atoms with Crippen LogP contribution in [0, 0.1) is 0 Å². The molecule has 7 nitrogen and oxygen atoms in total. The Labute approximate surface area is 152 Å². The Balaban J connectivity index is 1.75. The Morgan fingerprint density at radius 2 is 2.04 bits per heavy atom. The summed E-state index contributed by atoms with van der Waals surface area (Å²) in [7, 11) is 0. The number of nitrogens with zero attached hydrogens (tertiary/aromatic N) is 3. The van der Waals surface area contributed by atoms with Crippen LogP contribution in [-0.4, -0.2) is 45.3 Å². The molecule has 1 aliphatic rings. The Morgan fingerprint density at radius 3 is 2.62 bits per heavy atom. The minimum Gasteiger partial charge on any atom is -0.384 e. The largest absolute Gasteiger partial charge is 0.384 e. The maximum atomic E-state index is 12.9. The number of amides is 2. The molecule has 0 radical (unpaired) electrons. The van der Waals surface area contributed by atoms with Crippen molar-refractivity contribution in [2.45, 2.75) is 38.8 Å². The number of hydrogen-bond acceptors (Lipinski definition) is 5. The number of nitrogens with one attached hydrogen (secondary N) is 1. The van der Waals surface area contributed by atoms with Gasteiger partial charge < -0.3 is 16.0 Å². The lowest BCUT2D eigenvalue weighted by Crippen LogP contribution is -2.45. The lowest BCUT2D eigenvalue weighted by atomic mass is 10.1. The molecule has 0 unspecified atom stereocenters. The summed E-state index contributed by atoms with van der Waals surface area (Å²) in [6, 6.07) is 8.87. The van der Waals surface area contributed by atoms with E-state index in [0.29, 0.717) is 30.2 Å². The topological polar surface area (TPSA) is 101 Å². The molecule has 1 fully saturated rings. The van der Waals surface area contributed by atoms with Crippen LogP contribution in [0.2, 0.25) is 0 Å². The van der Waals surface area contributed by atoms with E-state index in [1.165, 1.54) is 0 Å². The number of hydrogen-bond donors (Lipinski definition) is 2. The van der Waals surface area contributed by atoms with Gasteiger partial charge in [0.2, 0.25) is 5.91 Å². The molecule has 2 heterocycles. The average Bonchev–Trinajstić information content (AvgIpc) is 3.04. The number of anilines is 1. The first-order valence-corrected chi connectivity index (χ1v) is 8.73. The molecule has 0 aliphatic carbocycles. The molecule has 0 bridgehead atoms. The third-order valence-electron chi connectivity index (χ3n) is 4.45. The van der Waals surface area contributed by atoms with E-state index >= 15 is 0 Å². The first-order valence-electron chi connectivity index (χ1n) is 8.73. The highest BCUT2D eigenvalue weighted by Crippen LogP contribution is 2.19. The zero-order valence-electron chi connectivity index (χ0n) is 15.0. The number of carbonyl (C=O) groups is 2. The molecule has 1 aromatic carbocycles. The molecular formula is C19H23N5O2. The maximum Gasteiger partial charge on any atom is 0.254 e. The Morgan fingerprint density at radius 1 is 1.31 bits per heavy atom. The standard InChI is InChI=1S/C19H23N5O2/c1-12(2)24(11-15-7-8-17(25)22-15)19(26)14-5-3-13(4-6-14)18-21-10-9-16(20)23-18/h3-6,9-10,12,15H,7-8,11H2,1-2H3,(H,22,25)(H2,20,21,23)/t15-/m1/s1. The Kier molecular flexibility index (Phi) is 5.16. The fourth-order valence-electron chi connectivity index (χ4n) is 3.02. The first kappa shape index (κ1) is 17.8. The van der Waals surface area contributed by atoms with Gasteiger partial charge in [0.05, 0.1) is 0 Å². The van der Waals surface area contributed by atoms with Crippen molar-refractivity contribution >= 4 is 17.6 Å². The van der Waals surface area contributed by atoms with Gasteiger partial charge in [-0.15, -0.1) is 0 Å². The van der Waals surface area contributed by atoms with Crippen molar-refractivity contribution in [3.8, 4) is 11.4 Å². The average molecular weight is 353 g/mol. The van der Waals surface area contributed by atoms with E-state index in [-0.39, 0.29) is 23.9 Å². The van der Waals surface area contributed by atoms with Gasteiger partial charge in [-0.05, 0) is 38.5 Å². The zero-order chi connectivity index (χ0) is 18.7. The van der Waals surface area contributed by atoms with Gasteiger partial charge in [-0.2, -0.15) is 0 Å². The van der Waals surface area contributed by atoms with Crippen molar-refractivity contribution in [2.75, 3.05) is 12.3 Å². The summed E-state index contributed by atoms with van der Waals surface area (Å²) >= 11 is 0. The molecule has 1 saturated heterocycles. The van der Waals surface area contributed by atoms with Gasteiger partial charge in [-0.3, -0.25) is 9.59 Å². The normalized spacial score (nSPS) is 16.6. The monoisotopic (exact) mass is 353 g/mol. The predicted molar refractivity (Wildman–Crippen MR) is 99.2 cm³/mol. The van der Waals surface area contributed by atoms with Crippen molar-refractivity contribution in [1.29, 1.82) is 0 Å². The fourth-order valence-corrected chi connectivity index (χ4v) is 3.02. The first-order chi connectivity index (χ1) is 12.4. The van der Waals surface area contributed by atoms with Crippen molar-refractivity contribution in [3.63, 3.8) is 0 Å². The van der Waals surface area contributed by atoms with Crippen LogP contribution in [0.5, 0.6) is 0 Å². The Hall–Kier alpha value is -2.96. The van der Waals surface area contributed by atoms with E-state index < -0.39 is 0 Å². The molecule has 0 spiro atoms. The lowest BCUT2D eigenvalue weighted by Gasteiger charge is -2.29. The van der Waals surface area contributed by atoms with E-state index in [0.717, 1.165) is 12.0 Å². The van der Waals surface area contributed by atoms with E-state index in [1.54, 1.807) is 29.3 Å². The van der Waals surface area contributed by atoms with Gasteiger partial charge in [0.25, 0.3) is 5.91 Å². The number of nitrogen functional groups attached to an aromatic ring is 1. The maximum absolute atomic E-state index is 12.9. The van der Waals surface area contributed by atoms with Crippen LogP contribution in [-0.2, 0) is 4.79 Å². The summed E-state index contributed by atoms with van der Waals surface area (Å²) < 4.78 is 0. The number of carbonyl (C=O) groups excluding carboxylic acids is 2. The van der Waals surface area contributed by atoms with Gasteiger partial charge in [0.1, 0.15) is 5.82 Å². The van der Waals surface area contributed by atoms with Crippen LogP contribution in [0.15, 0.2) is 36.5 Å². The number of aromatic nitrogens is 2. The zero-order valence-corrected chi connectivity index (χ0v) is 15.0. The van der Waals surface area contributed by atoms with Gasteiger partial charge in [-0.1, -0.05) is 12.1 Å². The molecule has 2 aromatic rings. The Bertz CT molecular complexity index is 804. The summed E-state index contributed by atoms with van der Waals surface area (Å²) in [5.74, 6) is 0.928. The van der Waals surface area contributed by atoms with Crippen LogP contribution >= 0.6 is 0 Å². The molecule has 1 aromatic heterocycles. The summed E-state index contributed by atoms with van der Waals surface area (Å²) in [5, 5.41) is 2.92. The highest BCUT2D eigenvalue weighted by Gasteiger charge is 2.27. The smallest absolute Gasteiger partial charge is 0.254 e. The highest BCUT2D eigenvalue weighted by atomic mass is 16.2. The van der Waals surface area contributed by atoms with E-state index in [1.807, 2.05) is 26.0 Å². The second kappa shape index (κ2) is 7.51. The number of benzene rings is 1. The molecule has 1 aliphatic heterocycles. The van der Waals surface area contributed by atoms with Gasteiger partial charge in [0.15, 0.2) is 5.82 Å². The van der Waals surface area contributed by atoms with Crippen molar-refractivity contribution in [1.82, 2.24) is 20.2 Å². The highest BCUT2D eigenvalue weighted by molar-refractivity contribution is 5.95. The van der Waals surface area contributed by atoms with Crippen LogP contribution in [0.1, 0.15) is 37.0 Å². The van der Waals surface area contributed by atoms with Gasteiger partial charge >= 0.3 is 0 Å². The number of nitrogens with two attached hydrogens (primary N) is 1. The summed E-state index contributed by atoms with van der Waals surface area (Å²) in [6.07, 6.45) is 2.90. The van der Waals surface area contributed by atoms with Crippen molar-refractivity contribution < 1.29 is 9.59 Å². The van der Waals surface area contributed by atoms with Crippen molar-refractivity contribution in [3.05, 3.63) is 42.1 Å². The molecule has 136 valence electrons. The minimum absolute atomic E-state index is 0.0221. The lowest BCUT2D eigenvalue weighted by molar-refractivity contribution is -0.119. The van der Waals surface area contributed by atoms with Crippen LogP contribution in [0.3, 0.4) is 0 Å². The predicted octanol–water partition coefficient (Wildman–Crippen LogP) is 1.85. The SMILES string of the molecule is CC(C)N(C[C@H]1CCC(=O)N1)C(=O)c1ccc(-c2nccc(N)n2)cc1. The van der Waals surface area contributed by atoms with E-state index in [2.05, 4.69) is 15.3 Å². The van der Waals surface area contributed by atoms with Crippen LogP contribution < -0.4 is 11.1 Å². The van der Waals surface area contributed by atoms with E-state index in [4.69, 9.17) is 5.73 Å². The summed E-state index contributed by atoms with van der Waals surface area (Å²) in [6.45, 7) is 4.47. The molecule has 1 atom stereocenters. The van der Waals surface area contributed by atoms with Gasteiger partial charge in [-0.25, -0.2) is 9.97 Å². The van der Waals surface area contributed by atoms with Gasteiger partial charge in [0, 0.05) is 42.4 Å². The number of rotatable bonds is 5. The molecule has 3 N–H and O–H groups in total. The second-order valence-electron chi connectivity index (χ2n) is 6.74. The molecule has 7 heteroatoms. The second-order valence-corrected chi connectivity index (χ2v) is 6.74. The quantitative estimate of drug-likeness (QED) is 0.854. The van der Waals surface area contributed by atoms with Crippen LogP contribution in [0.4, 0.5) is 5.82 Å². The summed E-state index contributed by atoms with van der Waals surface area (Å²) in [5.41, 5.74) is 7.09. The third kappa shape index (κ3) is 3.99. The fraction of sp³-hybridized carbons (Fsp3) is 0.368. The van der Waals surface area contributed by atoms with Crippen LogP contribution in [0.25, 0.3) is 11.4 Å². The van der Waals surface area contributed by atoms with E-state index in [9.17, 15) is 9.59 Å². The molecule has 0 saturated carbocycles. The molecular weight excluding hydrogens is 330 g/mol. The third-order valence-corrected chi connectivity index (χ3v) is 4.45. The molecule has 26 heavy (non-hydrogen) atoms. The molecule has 2 amide bonds.